The summed E-state index contributed by atoms with van der Waals surface area (Å²) in [6.45, 7) is 2.81. The van der Waals surface area contributed by atoms with E-state index in [1.807, 2.05) is 6.07 Å². The number of piperazine rings is 1. The van der Waals surface area contributed by atoms with E-state index in [1.54, 1.807) is 13.1 Å². The van der Waals surface area contributed by atoms with E-state index in [1.165, 1.54) is 6.07 Å². The Kier molecular flexibility index (Phi) is 4.90. The van der Waals surface area contributed by atoms with Crippen molar-refractivity contribution in [2.45, 2.75) is 12.6 Å². The summed E-state index contributed by atoms with van der Waals surface area (Å²) >= 11 is 3.14. The minimum absolute atomic E-state index is 0.00946. The van der Waals surface area contributed by atoms with Crippen LogP contribution in [-0.2, 0) is 11.3 Å². The van der Waals surface area contributed by atoms with E-state index in [0.717, 1.165) is 18.7 Å². The number of nitrogens with one attached hydrogen (secondary N) is 2. The highest BCUT2D eigenvalue weighted by molar-refractivity contribution is 9.10. The van der Waals surface area contributed by atoms with Crippen LogP contribution in [0.1, 0.15) is 5.56 Å². The predicted molar refractivity (Wildman–Crippen MR) is 75.2 cm³/mol. The quantitative estimate of drug-likeness (QED) is 0.873. The number of benzene rings is 1. The standard InChI is InChI=1S/C13H17BrFN3O/c1-16-13(19)12-7-17-4-5-18(12)8-9-2-3-10(14)11(15)6-9/h2-3,6,12,17H,4-5,7-8H2,1H3,(H,16,19). The first-order chi connectivity index (χ1) is 9.11. The van der Waals surface area contributed by atoms with Gasteiger partial charge in [0, 0.05) is 33.2 Å². The molecule has 1 aromatic carbocycles. The number of likely N-dealkylation sites (N-methyl/N-ethyl adjacent to an activating group) is 1. The molecule has 1 saturated heterocycles. The van der Waals surface area contributed by atoms with Crippen LogP contribution < -0.4 is 10.6 Å². The van der Waals surface area contributed by atoms with Gasteiger partial charge in [0.25, 0.3) is 0 Å². The Bertz CT molecular complexity index is 469. The zero-order valence-electron chi connectivity index (χ0n) is 10.7. The van der Waals surface area contributed by atoms with E-state index in [0.29, 0.717) is 17.6 Å². The van der Waals surface area contributed by atoms with E-state index < -0.39 is 0 Å². The van der Waals surface area contributed by atoms with Crippen LogP contribution in [0.3, 0.4) is 0 Å². The normalized spacial score (nSPS) is 20.3. The first-order valence-electron chi connectivity index (χ1n) is 6.22. The molecule has 1 aliphatic heterocycles. The average molecular weight is 330 g/mol. The maximum absolute atomic E-state index is 13.5. The largest absolute Gasteiger partial charge is 0.358 e. The van der Waals surface area contributed by atoms with Gasteiger partial charge < -0.3 is 10.6 Å². The molecule has 0 aliphatic carbocycles. The minimum atomic E-state index is -0.274. The topological polar surface area (TPSA) is 44.4 Å². The molecule has 2 N–H and O–H groups in total. The molecule has 2 rings (SSSR count). The molecular weight excluding hydrogens is 313 g/mol. The summed E-state index contributed by atoms with van der Waals surface area (Å²) in [6.07, 6.45) is 0. The fourth-order valence-corrected chi connectivity index (χ4v) is 2.48. The van der Waals surface area contributed by atoms with Crippen LogP contribution >= 0.6 is 15.9 Å². The van der Waals surface area contributed by atoms with Crippen LogP contribution in [0.2, 0.25) is 0 Å². The van der Waals surface area contributed by atoms with Gasteiger partial charge in [0.15, 0.2) is 0 Å². The molecule has 0 radical (unpaired) electrons. The van der Waals surface area contributed by atoms with Gasteiger partial charge in [0.2, 0.25) is 5.91 Å². The smallest absolute Gasteiger partial charge is 0.238 e. The molecule has 1 fully saturated rings. The van der Waals surface area contributed by atoms with Crippen LogP contribution in [0.15, 0.2) is 22.7 Å². The van der Waals surface area contributed by atoms with E-state index >= 15 is 0 Å². The molecule has 1 aliphatic rings. The lowest BCUT2D eigenvalue weighted by atomic mass is 10.1. The third-order valence-corrected chi connectivity index (χ3v) is 3.92. The van der Waals surface area contributed by atoms with Crippen molar-refractivity contribution < 1.29 is 9.18 Å². The van der Waals surface area contributed by atoms with E-state index in [9.17, 15) is 9.18 Å². The lowest BCUT2D eigenvalue weighted by Gasteiger charge is -2.34. The summed E-state index contributed by atoms with van der Waals surface area (Å²) in [6, 6.07) is 4.87. The summed E-state index contributed by atoms with van der Waals surface area (Å²) in [5, 5.41) is 5.87. The maximum atomic E-state index is 13.5. The molecule has 1 amide bonds. The van der Waals surface area contributed by atoms with Gasteiger partial charge in [-0.1, -0.05) is 6.07 Å². The first kappa shape index (κ1) is 14.4. The Morgan fingerprint density at radius 1 is 1.63 bits per heavy atom. The third-order valence-electron chi connectivity index (χ3n) is 3.27. The molecule has 0 spiro atoms. The molecule has 19 heavy (non-hydrogen) atoms. The number of carbonyl (C=O) groups is 1. The van der Waals surface area contributed by atoms with Gasteiger partial charge in [-0.15, -0.1) is 0 Å². The van der Waals surface area contributed by atoms with Crippen LogP contribution in [-0.4, -0.2) is 43.5 Å². The van der Waals surface area contributed by atoms with Crippen molar-refractivity contribution in [3.8, 4) is 0 Å². The van der Waals surface area contributed by atoms with Crippen molar-refractivity contribution in [3.05, 3.63) is 34.1 Å². The molecule has 4 nitrogen and oxygen atoms in total. The van der Waals surface area contributed by atoms with E-state index in [4.69, 9.17) is 0 Å². The fraction of sp³-hybridized carbons (Fsp3) is 0.462. The Hall–Kier alpha value is -0.980. The van der Waals surface area contributed by atoms with Crippen LogP contribution in [0.25, 0.3) is 0 Å². The number of amides is 1. The van der Waals surface area contributed by atoms with Crippen LogP contribution in [0, 0.1) is 5.82 Å². The zero-order chi connectivity index (χ0) is 13.8. The van der Waals surface area contributed by atoms with Crippen molar-refractivity contribution in [1.82, 2.24) is 15.5 Å². The van der Waals surface area contributed by atoms with Crippen molar-refractivity contribution in [3.63, 3.8) is 0 Å². The lowest BCUT2D eigenvalue weighted by molar-refractivity contribution is -0.126. The fourth-order valence-electron chi connectivity index (χ4n) is 2.23. The molecule has 6 heteroatoms. The van der Waals surface area contributed by atoms with Crippen molar-refractivity contribution in [1.29, 1.82) is 0 Å². The second-order valence-electron chi connectivity index (χ2n) is 4.55. The maximum Gasteiger partial charge on any atom is 0.238 e. The second kappa shape index (κ2) is 6.45. The third kappa shape index (κ3) is 3.52. The highest BCUT2D eigenvalue weighted by Crippen LogP contribution is 2.18. The van der Waals surface area contributed by atoms with Crippen molar-refractivity contribution in [2.24, 2.45) is 0 Å². The number of nitrogens with zero attached hydrogens (tertiary/aromatic N) is 1. The van der Waals surface area contributed by atoms with Gasteiger partial charge in [-0.2, -0.15) is 0 Å². The molecular formula is C13H17BrFN3O. The molecule has 1 aromatic rings. The molecule has 1 atom stereocenters. The highest BCUT2D eigenvalue weighted by atomic mass is 79.9. The average Bonchev–Trinajstić information content (AvgIpc) is 2.43. The number of halogens is 2. The van der Waals surface area contributed by atoms with Crippen LogP contribution in [0.4, 0.5) is 4.39 Å². The monoisotopic (exact) mass is 329 g/mol. The van der Waals surface area contributed by atoms with Gasteiger partial charge in [0.1, 0.15) is 11.9 Å². The highest BCUT2D eigenvalue weighted by Gasteiger charge is 2.27. The Morgan fingerprint density at radius 2 is 2.42 bits per heavy atom. The first-order valence-corrected chi connectivity index (χ1v) is 7.01. The van der Waals surface area contributed by atoms with Crippen molar-refractivity contribution in [2.75, 3.05) is 26.7 Å². The minimum Gasteiger partial charge on any atom is -0.358 e. The van der Waals surface area contributed by atoms with E-state index in [-0.39, 0.29) is 17.8 Å². The Labute approximate surface area is 120 Å². The van der Waals surface area contributed by atoms with Crippen LogP contribution in [0.5, 0.6) is 0 Å². The van der Waals surface area contributed by atoms with Gasteiger partial charge in [-0.05, 0) is 33.6 Å². The predicted octanol–water partition coefficient (Wildman–Crippen LogP) is 1.11. The molecule has 104 valence electrons. The Balaban J connectivity index is 2.10. The second-order valence-corrected chi connectivity index (χ2v) is 5.41. The summed E-state index contributed by atoms with van der Waals surface area (Å²) in [4.78, 5) is 13.9. The molecule has 1 unspecified atom stereocenters. The number of rotatable bonds is 3. The van der Waals surface area contributed by atoms with E-state index in [2.05, 4.69) is 31.5 Å². The molecule has 1 heterocycles. The molecule has 0 bridgehead atoms. The lowest BCUT2D eigenvalue weighted by Crippen LogP contribution is -2.56. The zero-order valence-corrected chi connectivity index (χ0v) is 12.3. The number of hydrogen-bond donors (Lipinski definition) is 2. The van der Waals surface area contributed by atoms with Crippen molar-refractivity contribution >= 4 is 21.8 Å². The summed E-state index contributed by atoms with van der Waals surface area (Å²) in [5.41, 5.74) is 0.872. The summed E-state index contributed by atoms with van der Waals surface area (Å²) in [5.74, 6) is -0.283. The number of carbonyl (C=O) groups excluding carboxylic acids is 1. The Morgan fingerprint density at radius 3 is 3.11 bits per heavy atom. The van der Waals surface area contributed by atoms with Gasteiger partial charge in [-0.25, -0.2) is 4.39 Å². The summed E-state index contributed by atoms with van der Waals surface area (Å²) in [7, 11) is 1.63. The SMILES string of the molecule is CNC(=O)C1CNCCN1Cc1ccc(Br)c(F)c1. The van der Waals surface area contributed by atoms with Gasteiger partial charge in [-0.3, -0.25) is 9.69 Å². The molecule has 0 aromatic heterocycles. The molecule has 0 saturated carbocycles. The summed E-state index contributed by atoms with van der Waals surface area (Å²) < 4.78 is 14.0. The van der Waals surface area contributed by atoms with Gasteiger partial charge in [0.05, 0.1) is 4.47 Å². The number of hydrogen-bond acceptors (Lipinski definition) is 3. The van der Waals surface area contributed by atoms with Gasteiger partial charge >= 0.3 is 0 Å².